The lowest BCUT2D eigenvalue weighted by molar-refractivity contribution is -0.134. The number of aromatic nitrogens is 4. The molecular weight excluding hydrogens is 334 g/mol. The molecule has 2 aromatic rings. The second kappa shape index (κ2) is 7.59. The minimum absolute atomic E-state index is 0.162. The van der Waals surface area contributed by atoms with Crippen molar-refractivity contribution in [2.24, 2.45) is 5.92 Å². The number of rotatable bonds is 5. The van der Waals surface area contributed by atoms with Crippen molar-refractivity contribution in [2.45, 2.75) is 31.4 Å². The number of nitrogens with one attached hydrogen (secondary N) is 1. The number of hydrogen-bond acceptors (Lipinski definition) is 5. The molecule has 8 nitrogen and oxygen atoms in total. The van der Waals surface area contributed by atoms with Crippen LogP contribution in [0.3, 0.4) is 0 Å². The maximum atomic E-state index is 12.7. The van der Waals surface area contributed by atoms with E-state index < -0.39 is 5.60 Å². The average Bonchev–Trinajstić information content (AvgIpc) is 3.37. The highest BCUT2D eigenvalue weighted by Crippen LogP contribution is 2.33. The van der Waals surface area contributed by atoms with E-state index >= 15 is 0 Å². The lowest BCUT2D eigenvalue weighted by Gasteiger charge is -2.31. The first kappa shape index (κ1) is 17.2. The highest BCUT2D eigenvalue weighted by atomic mass is 16.5. The molecule has 2 fully saturated rings. The molecular formula is C18H25N5O3. The quantitative estimate of drug-likeness (QED) is 0.856. The van der Waals surface area contributed by atoms with E-state index in [4.69, 9.17) is 9.47 Å². The lowest BCUT2D eigenvalue weighted by Crippen LogP contribution is -2.46. The molecule has 26 heavy (non-hydrogen) atoms. The minimum atomic E-state index is -0.392. The maximum absolute atomic E-state index is 12.7. The number of H-pyrrole nitrogens is 1. The Hall–Kier alpha value is -2.19. The van der Waals surface area contributed by atoms with E-state index in [2.05, 4.69) is 15.2 Å². The molecule has 0 bridgehead atoms. The number of ether oxygens (including phenoxy) is 2. The van der Waals surface area contributed by atoms with Crippen LogP contribution in [0.15, 0.2) is 31.0 Å². The van der Waals surface area contributed by atoms with Gasteiger partial charge in [-0.3, -0.25) is 4.79 Å². The van der Waals surface area contributed by atoms with Gasteiger partial charge in [-0.05, 0) is 25.0 Å². The molecule has 8 heteroatoms. The normalized spacial score (nSPS) is 26.3. The number of carbonyl (C=O) groups excluding carboxylic acids is 1. The van der Waals surface area contributed by atoms with Gasteiger partial charge in [-0.15, -0.1) is 10.2 Å². The number of carbonyl (C=O) groups is 1. The average molecular weight is 359 g/mol. The van der Waals surface area contributed by atoms with Crippen LogP contribution >= 0.6 is 0 Å². The van der Waals surface area contributed by atoms with Crippen molar-refractivity contribution < 1.29 is 14.3 Å². The number of aromatic amines is 1. The Balaban J connectivity index is 1.35. The van der Waals surface area contributed by atoms with E-state index in [9.17, 15) is 4.79 Å². The SMILES string of the molecule is O=C(CCc1ccc[nH]1)N1CCOCC2(CC(Cn3cnnc3)CO2)C1. The van der Waals surface area contributed by atoms with Gasteiger partial charge in [-0.1, -0.05) is 0 Å². The fourth-order valence-electron chi connectivity index (χ4n) is 3.92. The molecule has 2 aromatic heterocycles. The van der Waals surface area contributed by atoms with E-state index in [0.29, 0.717) is 45.2 Å². The molecule has 0 saturated carbocycles. The molecule has 2 aliphatic rings. The van der Waals surface area contributed by atoms with Crippen LogP contribution in [0, 0.1) is 5.92 Å². The van der Waals surface area contributed by atoms with Crippen LogP contribution in [0.5, 0.6) is 0 Å². The maximum Gasteiger partial charge on any atom is 0.223 e. The first-order chi connectivity index (χ1) is 12.7. The summed E-state index contributed by atoms with van der Waals surface area (Å²) in [6.45, 7) is 3.85. The van der Waals surface area contributed by atoms with Gasteiger partial charge < -0.3 is 23.9 Å². The largest absolute Gasteiger partial charge is 0.377 e. The third-order valence-electron chi connectivity index (χ3n) is 5.19. The summed E-state index contributed by atoms with van der Waals surface area (Å²) in [5.41, 5.74) is 0.697. The summed E-state index contributed by atoms with van der Waals surface area (Å²) >= 11 is 0. The Morgan fingerprint density at radius 3 is 3.08 bits per heavy atom. The summed E-state index contributed by atoms with van der Waals surface area (Å²) in [7, 11) is 0. The van der Waals surface area contributed by atoms with Gasteiger partial charge in [0.1, 0.15) is 18.3 Å². The third-order valence-corrected chi connectivity index (χ3v) is 5.19. The van der Waals surface area contributed by atoms with Crippen LogP contribution < -0.4 is 0 Å². The zero-order valence-corrected chi connectivity index (χ0v) is 14.8. The van der Waals surface area contributed by atoms with Crippen molar-refractivity contribution in [1.29, 1.82) is 0 Å². The zero-order chi connectivity index (χ0) is 17.8. The highest BCUT2D eigenvalue weighted by Gasteiger charge is 2.44. The van der Waals surface area contributed by atoms with Crippen molar-refractivity contribution in [3.8, 4) is 0 Å². The van der Waals surface area contributed by atoms with E-state index in [0.717, 1.165) is 25.1 Å². The summed E-state index contributed by atoms with van der Waals surface area (Å²) in [6, 6.07) is 3.97. The van der Waals surface area contributed by atoms with Crippen molar-refractivity contribution in [2.75, 3.05) is 32.9 Å². The van der Waals surface area contributed by atoms with Gasteiger partial charge in [0.05, 0.1) is 26.4 Å². The van der Waals surface area contributed by atoms with Gasteiger partial charge >= 0.3 is 0 Å². The monoisotopic (exact) mass is 359 g/mol. The van der Waals surface area contributed by atoms with Gasteiger partial charge in [-0.25, -0.2) is 0 Å². The van der Waals surface area contributed by atoms with Crippen LogP contribution in [0.4, 0.5) is 0 Å². The summed E-state index contributed by atoms with van der Waals surface area (Å²) in [6.07, 6.45) is 7.45. The highest BCUT2D eigenvalue weighted by molar-refractivity contribution is 5.76. The Labute approximate surface area is 152 Å². The first-order valence-corrected chi connectivity index (χ1v) is 9.17. The van der Waals surface area contributed by atoms with E-state index in [1.807, 2.05) is 27.8 Å². The second-order valence-corrected chi connectivity index (χ2v) is 7.29. The topological polar surface area (TPSA) is 85.3 Å². The van der Waals surface area contributed by atoms with Gasteiger partial charge in [0.2, 0.25) is 5.91 Å². The molecule has 0 aromatic carbocycles. The first-order valence-electron chi connectivity index (χ1n) is 9.17. The molecule has 1 spiro atoms. The summed E-state index contributed by atoms with van der Waals surface area (Å²) in [5.74, 6) is 0.541. The van der Waals surface area contributed by atoms with Gasteiger partial charge in [-0.2, -0.15) is 0 Å². The smallest absolute Gasteiger partial charge is 0.223 e. The Morgan fingerprint density at radius 2 is 2.27 bits per heavy atom. The zero-order valence-electron chi connectivity index (χ0n) is 14.8. The molecule has 1 N–H and O–H groups in total. The Bertz CT molecular complexity index is 702. The van der Waals surface area contributed by atoms with Crippen LogP contribution in [0.1, 0.15) is 18.5 Å². The molecule has 0 radical (unpaired) electrons. The van der Waals surface area contributed by atoms with Crippen LogP contribution in [-0.2, 0) is 27.2 Å². The third kappa shape index (κ3) is 3.96. The Morgan fingerprint density at radius 1 is 1.38 bits per heavy atom. The predicted molar refractivity (Wildman–Crippen MR) is 93.3 cm³/mol. The van der Waals surface area contributed by atoms with Crippen molar-refractivity contribution in [3.05, 3.63) is 36.7 Å². The minimum Gasteiger partial charge on any atom is -0.377 e. The van der Waals surface area contributed by atoms with E-state index in [1.165, 1.54) is 0 Å². The van der Waals surface area contributed by atoms with Crippen molar-refractivity contribution in [3.63, 3.8) is 0 Å². The fourth-order valence-corrected chi connectivity index (χ4v) is 3.92. The molecule has 2 atom stereocenters. The molecule has 0 aliphatic carbocycles. The summed E-state index contributed by atoms with van der Waals surface area (Å²) in [4.78, 5) is 17.8. The summed E-state index contributed by atoms with van der Waals surface area (Å²) < 4.78 is 13.9. The van der Waals surface area contributed by atoms with Crippen molar-refractivity contribution >= 4 is 5.91 Å². The molecule has 2 unspecified atom stereocenters. The predicted octanol–water partition coefficient (Wildman–Crippen LogP) is 0.873. The van der Waals surface area contributed by atoms with E-state index in [-0.39, 0.29) is 5.91 Å². The molecule has 1 amide bonds. The van der Waals surface area contributed by atoms with Gasteiger partial charge in [0, 0.05) is 37.3 Å². The van der Waals surface area contributed by atoms with Crippen molar-refractivity contribution in [1.82, 2.24) is 24.6 Å². The number of nitrogens with zero attached hydrogens (tertiary/aromatic N) is 4. The summed E-state index contributed by atoms with van der Waals surface area (Å²) in [5, 5.41) is 7.70. The molecule has 2 aliphatic heterocycles. The van der Waals surface area contributed by atoms with E-state index in [1.54, 1.807) is 12.7 Å². The lowest BCUT2D eigenvalue weighted by atomic mass is 9.94. The molecule has 4 heterocycles. The van der Waals surface area contributed by atoms with Crippen LogP contribution in [-0.4, -0.2) is 69.1 Å². The number of hydrogen-bond donors (Lipinski definition) is 1. The Kier molecular flexibility index (Phi) is 5.03. The second-order valence-electron chi connectivity index (χ2n) is 7.29. The molecule has 140 valence electrons. The van der Waals surface area contributed by atoms with Gasteiger partial charge in [0.25, 0.3) is 0 Å². The number of amides is 1. The fraction of sp³-hybridized carbons (Fsp3) is 0.611. The molecule has 4 rings (SSSR count). The standard InChI is InChI=1S/C18H25N5O3/c24-17(4-3-16-2-1-5-19-16)23-6-7-25-12-18(11-23)8-15(10-26-18)9-22-13-20-21-14-22/h1-2,5,13-15,19H,3-4,6-12H2. The molecule has 2 saturated heterocycles. The van der Waals surface area contributed by atoms with Crippen LogP contribution in [0.25, 0.3) is 0 Å². The van der Waals surface area contributed by atoms with Gasteiger partial charge in [0.15, 0.2) is 0 Å². The number of aryl methyl sites for hydroxylation is 1. The van der Waals surface area contributed by atoms with Crippen LogP contribution in [0.2, 0.25) is 0 Å².